The molecule has 2 aliphatic heterocycles. The SMILES string of the molecule is Cc1ccc(C23CNC(CN2C(N)=O)C3)cc1-c1ccccn1.Cl. The summed E-state index contributed by atoms with van der Waals surface area (Å²) in [5.74, 6) is 0. The van der Waals surface area contributed by atoms with Crippen molar-refractivity contribution in [1.29, 1.82) is 0 Å². The third-order valence-corrected chi connectivity index (χ3v) is 5.17. The molecule has 2 atom stereocenters. The number of fused-ring (bicyclic) bond motifs is 2. The van der Waals surface area contributed by atoms with Crippen molar-refractivity contribution >= 4 is 18.4 Å². The maximum atomic E-state index is 11.9. The Hall–Kier alpha value is -2.11. The molecule has 24 heavy (non-hydrogen) atoms. The van der Waals surface area contributed by atoms with Crippen molar-refractivity contribution in [3.63, 3.8) is 0 Å². The van der Waals surface area contributed by atoms with Crippen LogP contribution in [-0.2, 0) is 5.54 Å². The molecule has 2 unspecified atom stereocenters. The number of likely N-dealkylation sites (tertiary alicyclic amines) is 1. The average Bonchev–Trinajstić information content (AvgIpc) is 3.15. The number of hydrogen-bond donors (Lipinski definition) is 2. The molecule has 2 aliphatic rings. The lowest BCUT2D eigenvalue weighted by Crippen LogP contribution is -2.54. The molecular weight excluding hydrogens is 324 g/mol. The minimum atomic E-state index is -0.339. The smallest absolute Gasteiger partial charge is 0.315 e. The number of urea groups is 1. The minimum absolute atomic E-state index is 0. The number of nitrogens with two attached hydrogens (primary N) is 1. The molecule has 0 aliphatic carbocycles. The second-order valence-corrected chi connectivity index (χ2v) is 6.51. The van der Waals surface area contributed by atoms with Crippen molar-refractivity contribution in [2.45, 2.75) is 24.9 Å². The van der Waals surface area contributed by atoms with Crippen LogP contribution in [0.4, 0.5) is 4.79 Å². The van der Waals surface area contributed by atoms with Crippen LogP contribution in [0.15, 0.2) is 42.6 Å². The second kappa shape index (κ2) is 6.07. The summed E-state index contributed by atoms with van der Waals surface area (Å²) in [6, 6.07) is 12.3. The van der Waals surface area contributed by atoms with E-state index in [1.165, 1.54) is 5.56 Å². The maximum Gasteiger partial charge on any atom is 0.315 e. The maximum absolute atomic E-state index is 11.9. The highest BCUT2D eigenvalue weighted by molar-refractivity contribution is 5.85. The molecule has 0 radical (unpaired) electrons. The van der Waals surface area contributed by atoms with Gasteiger partial charge in [-0.25, -0.2) is 4.79 Å². The number of halogens is 1. The molecule has 5 nitrogen and oxygen atoms in total. The van der Waals surface area contributed by atoms with Gasteiger partial charge < -0.3 is 16.0 Å². The van der Waals surface area contributed by atoms with Crippen LogP contribution in [0.25, 0.3) is 11.3 Å². The molecule has 3 heterocycles. The van der Waals surface area contributed by atoms with Gasteiger partial charge in [-0.05, 0) is 42.7 Å². The summed E-state index contributed by atoms with van der Waals surface area (Å²) in [5.41, 5.74) is 9.68. The Morgan fingerprint density at radius 1 is 1.38 bits per heavy atom. The number of carbonyl (C=O) groups is 1. The first-order valence-electron chi connectivity index (χ1n) is 7.93. The molecule has 2 amide bonds. The third-order valence-electron chi connectivity index (χ3n) is 5.17. The standard InChI is InChI=1S/C18H20N4O.ClH/c1-12-5-6-13(8-15(12)16-4-2-3-7-20-16)18-9-14(21-11-18)10-22(18)17(19)23;/h2-8,14,21H,9-11H2,1H3,(H2,19,23);1H. The Morgan fingerprint density at radius 3 is 2.88 bits per heavy atom. The zero-order valence-corrected chi connectivity index (χ0v) is 14.3. The fourth-order valence-electron chi connectivity index (χ4n) is 3.98. The number of primary amides is 1. The topological polar surface area (TPSA) is 71.2 Å². The van der Waals surface area contributed by atoms with Crippen LogP contribution in [0, 0.1) is 6.92 Å². The monoisotopic (exact) mass is 344 g/mol. The minimum Gasteiger partial charge on any atom is -0.351 e. The van der Waals surface area contributed by atoms with E-state index in [2.05, 4.69) is 35.4 Å². The van der Waals surface area contributed by atoms with Crippen molar-refractivity contribution in [2.75, 3.05) is 13.1 Å². The average molecular weight is 345 g/mol. The largest absolute Gasteiger partial charge is 0.351 e. The highest BCUT2D eigenvalue weighted by Gasteiger charge is 2.53. The van der Waals surface area contributed by atoms with Crippen LogP contribution in [0.2, 0.25) is 0 Å². The van der Waals surface area contributed by atoms with Gasteiger partial charge in [0.1, 0.15) is 0 Å². The Balaban J connectivity index is 0.00000169. The molecule has 4 rings (SSSR count). The first kappa shape index (κ1) is 16.7. The molecule has 2 bridgehead atoms. The Kier molecular flexibility index (Phi) is 4.24. The summed E-state index contributed by atoms with van der Waals surface area (Å²) in [6.45, 7) is 3.52. The van der Waals surface area contributed by atoms with Crippen LogP contribution in [-0.4, -0.2) is 35.0 Å². The van der Waals surface area contributed by atoms with E-state index < -0.39 is 0 Å². The van der Waals surface area contributed by atoms with Gasteiger partial charge in [0.15, 0.2) is 0 Å². The number of rotatable bonds is 2. The molecule has 126 valence electrons. The summed E-state index contributed by atoms with van der Waals surface area (Å²) < 4.78 is 0. The molecule has 3 N–H and O–H groups in total. The van der Waals surface area contributed by atoms with Gasteiger partial charge in [-0.2, -0.15) is 0 Å². The number of nitrogens with zero attached hydrogens (tertiary/aromatic N) is 2. The summed E-state index contributed by atoms with van der Waals surface area (Å²) in [4.78, 5) is 18.2. The summed E-state index contributed by atoms with van der Waals surface area (Å²) in [7, 11) is 0. The number of aromatic nitrogens is 1. The molecule has 6 heteroatoms. The van der Waals surface area contributed by atoms with Crippen LogP contribution in [0.1, 0.15) is 17.5 Å². The van der Waals surface area contributed by atoms with E-state index in [4.69, 9.17) is 5.73 Å². The van der Waals surface area contributed by atoms with E-state index in [-0.39, 0.29) is 24.0 Å². The van der Waals surface area contributed by atoms with Crippen molar-refractivity contribution in [3.05, 3.63) is 53.7 Å². The highest BCUT2D eigenvalue weighted by Crippen LogP contribution is 2.43. The van der Waals surface area contributed by atoms with E-state index in [0.717, 1.165) is 29.8 Å². The molecule has 2 fully saturated rings. The number of piperazine rings is 1. The first-order chi connectivity index (χ1) is 11.1. The van der Waals surface area contributed by atoms with Gasteiger partial charge in [0.05, 0.1) is 11.2 Å². The van der Waals surface area contributed by atoms with Crippen LogP contribution in [0.5, 0.6) is 0 Å². The first-order valence-corrected chi connectivity index (χ1v) is 7.93. The van der Waals surface area contributed by atoms with Crippen LogP contribution in [0.3, 0.4) is 0 Å². The third kappa shape index (κ3) is 2.44. The highest BCUT2D eigenvalue weighted by atomic mass is 35.5. The lowest BCUT2D eigenvalue weighted by molar-refractivity contribution is 0.146. The van der Waals surface area contributed by atoms with Gasteiger partial charge in [0, 0.05) is 30.9 Å². The molecule has 2 aromatic rings. The van der Waals surface area contributed by atoms with E-state index >= 15 is 0 Å². The molecule has 2 saturated heterocycles. The molecule has 0 spiro atoms. The number of amides is 2. The van der Waals surface area contributed by atoms with Crippen LogP contribution < -0.4 is 11.1 Å². The number of pyridine rings is 1. The second-order valence-electron chi connectivity index (χ2n) is 6.51. The predicted octanol–water partition coefficient (Wildman–Crippen LogP) is 2.43. The lowest BCUT2D eigenvalue weighted by atomic mass is 9.86. The molecular formula is C18H21ClN4O. The predicted molar refractivity (Wildman–Crippen MR) is 96.0 cm³/mol. The van der Waals surface area contributed by atoms with Gasteiger partial charge in [-0.15, -0.1) is 12.4 Å². The van der Waals surface area contributed by atoms with Gasteiger partial charge in [0.25, 0.3) is 0 Å². The number of benzene rings is 1. The van der Waals surface area contributed by atoms with Crippen molar-refractivity contribution in [2.24, 2.45) is 5.73 Å². The number of aryl methyl sites for hydroxylation is 1. The molecule has 1 aromatic heterocycles. The Labute approximate surface area is 147 Å². The zero-order valence-electron chi connectivity index (χ0n) is 13.5. The fourth-order valence-corrected chi connectivity index (χ4v) is 3.98. The molecule has 0 saturated carbocycles. The van der Waals surface area contributed by atoms with E-state index in [1.54, 1.807) is 6.20 Å². The van der Waals surface area contributed by atoms with Gasteiger partial charge in [-0.3, -0.25) is 4.98 Å². The van der Waals surface area contributed by atoms with Crippen molar-refractivity contribution in [1.82, 2.24) is 15.2 Å². The molecule has 1 aromatic carbocycles. The van der Waals surface area contributed by atoms with E-state index in [1.807, 2.05) is 23.1 Å². The summed E-state index contributed by atoms with van der Waals surface area (Å²) in [5, 5.41) is 3.49. The van der Waals surface area contributed by atoms with E-state index in [0.29, 0.717) is 12.6 Å². The van der Waals surface area contributed by atoms with Gasteiger partial charge >= 0.3 is 6.03 Å². The Morgan fingerprint density at radius 2 is 2.21 bits per heavy atom. The summed E-state index contributed by atoms with van der Waals surface area (Å²) in [6.07, 6.45) is 2.72. The van der Waals surface area contributed by atoms with Crippen molar-refractivity contribution in [3.8, 4) is 11.3 Å². The van der Waals surface area contributed by atoms with Gasteiger partial charge in [-0.1, -0.05) is 18.2 Å². The van der Waals surface area contributed by atoms with Gasteiger partial charge in [0.2, 0.25) is 0 Å². The van der Waals surface area contributed by atoms with Crippen LogP contribution >= 0.6 is 12.4 Å². The normalized spacial score (nSPS) is 24.7. The fraction of sp³-hybridized carbons (Fsp3) is 0.333. The van der Waals surface area contributed by atoms with E-state index in [9.17, 15) is 4.79 Å². The Bertz CT molecular complexity index is 767. The number of nitrogens with one attached hydrogen (secondary N) is 1. The van der Waals surface area contributed by atoms with Crippen molar-refractivity contribution < 1.29 is 4.79 Å². The number of hydrogen-bond acceptors (Lipinski definition) is 3. The quantitative estimate of drug-likeness (QED) is 0.879. The number of carbonyl (C=O) groups excluding carboxylic acids is 1. The lowest BCUT2D eigenvalue weighted by Gasteiger charge is -2.38. The summed E-state index contributed by atoms with van der Waals surface area (Å²) >= 11 is 0. The zero-order chi connectivity index (χ0) is 16.0.